The van der Waals surface area contributed by atoms with E-state index in [1.54, 1.807) is 0 Å². The number of rotatable bonds is 4. The molecule has 0 radical (unpaired) electrons. The van der Waals surface area contributed by atoms with Crippen molar-refractivity contribution >= 4 is 17.6 Å². The van der Waals surface area contributed by atoms with Gasteiger partial charge in [-0.25, -0.2) is 8.78 Å². The maximum absolute atomic E-state index is 13.4. The third-order valence-corrected chi connectivity index (χ3v) is 3.19. The number of carbonyl (C=O) groups is 2. The molecule has 1 aromatic carbocycles. The maximum atomic E-state index is 13.4. The number of carbonyl (C=O) groups excluding carboxylic acids is 1. The molecule has 0 bridgehead atoms. The van der Waals surface area contributed by atoms with E-state index in [1.165, 1.54) is 4.90 Å². The van der Waals surface area contributed by atoms with Crippen molar-refractivity contribution in [2.24, 2.45) is 0 Å². The Morgan fingerprint density at radius 2 is 2.19 bits per heavy atom. The highest BCUT2D eigenvalue weighted by molar-refractivity contribution is 5.92. The number of carboxylic acids is 1. The van der Waals surface area contributed by atoms with E-state index in [0.29, 0.717) is 19.2 Å². The van der Waals surface area contributed by atoms with Gasteiger partial charge in [0.25, 0.3) is 0 Å². The first-order valence-corrected chi connectivity index (χ1v) is 6.40. The molecular formula is C13H15F2N3O3. The van der Waals surface area contributed by atoms with E-state index >= 15 is 0 Å². The van der Waals surface area contributed by atoms with Gasteiger partial charge in [-0.2, -0.15) is 0 Å². The van der Waals surface area contributed by atoms with Gasteiger partial charge in [0, 0.05) is 25.7 Å². The number of carboxylic acid groups (broad SMARTS) is 1. The summed E-state index contributed by atoms with van der Waals surface area (Å²) < 4.78 is 26.2. The number of halogens is 2. The second-order valence-electron chi connectivity index (χ2n) is 4.70. The molecule has 6 nitrogen and oxygen atoms in total. The van der Waals surface area contributed by atoms with Crippen LogP contribution in [-0.2, 0) is 9.59 Å². The summed E-state index contributed by atoms with van der Waals surface area (Å²) in [6.45, 7) is 1.04. The lowest BCUT2D eigenvalue weighted by Crippen LogP contribution is -2.56. The second kappa shape index (κ2) is 6.59. The van der Waals surface area contributed by atoms with Crippen molar-refractivity contribution in [3.05, 3.63) is 29.8 Å². The lowest BCUT2D eigenvalue weighted by molar-refractivity contribution is -0.144. The van der Waals surface area contributed by atoms with E-state index in [4.69, 9.17) is 5.11 Å². The number of benzene rings is 1. The first-order valence-electron chi connectivity index (χ1n) is 6.40. The van der Waals surface area contributed by atoms with Crippen LogP contribution in [0.4, 0.5) is 14.5 Å². The Morgan fingerprint density at radius 1 is 1.43 bits per heavy atom. The molecular weight excluding hydrogens is 284 g/mol. The molecule has 0 spiro atoms. The van der Waals surface area contributed by atoms with Crippen LogP contribution >= 0.6 is 0 Å². The van der Waals surface area contributed by atoms with E-state index in [2.05, 4.69) is 10.6 Å². The molecule has 3 N–H and O–H groups in total. The summed E-state index contributed by atoms with van der Waals surface area (Å²) in [5.41, 5.74) is -0.136. The molecule has 114 valence electrons. The van der Waals surface area contributed by atoms with Crippen molar-refractivity contribution in [2.75, 3.05) is 31.5 Å². The Labute approximate surface area is 119 Å². The fourth-order valence-electron chi connectivity index (χ4n) is 2.14. The smallest absolute Gasteiger partial charge is 0.322 e. The van der Waals surface area contributed by atoms with Crippen molar-refractivity contribution < 1.29 is 23.5 Å². The molecule has 1 saturated heterocycles. The van der Waals surface area contributed by atoms with Crippen molar-refractivity contribution in [1.29, 1.82) is 0 Å². The van der Waals surface area contributed by atoms with E-state index in [0.717, 1.165) is 12.1 Å². The molecule has 0 saturated carbocycles. The zero-order valence-corrected chi connectivity index (χ0v) is 11.1. The predicted octanol–water partition coefficient (Wildman–Crippen LogP) is 0.262. The molecule has 1 aliphatic rings. The lowest BCUT2D eigenvalue weighted by atomic mass is 10.2. The number of piperazine rings is 1. The van der Waals surface area contributed by atoms with Gasteiger partial charge in [-0.15, -0.1) is 0 Å². The third kappa shape index (κ3) is 3.96. The SMILES string of the molecule is O=C(CN1CCNCC1C(=O)O)Nc1ccc(F)cc1F. The van der Waals surface area contributed by atoms with Crippen LogP contribution in [0.1, 0.15) is 0 Å². The minimum absolute atomic E-state index is 0.136. The molecule has 1 aromatic rings. The Kier molecular flexibility index (Phi) is 4.81. The summed E-state index contributed by atoms with van der Waals surface area (Å²) in [6.07, 6.45) is 0. The maximum Gasteiger partial charge on any atom is 0.322 e. The first-order chi connectivity index (χ1) is 9.97. The predicted molar refractivity (Wildman–Crippen MR) is 70.9 cm³/mol. The van der Waals surface area contributed by atoms with Gasteiger partial charge in [-0.3, -0.25) is 14.5 Å². The van der Waals surface area contributed by atoms with Crippen LogP contribution in [-0.4, -0.2) is 54.1 Å². The average molecular weight is 299 g/mol. The van der Waals surface area contributed by atoms with Gasteiger partial charge >= 0.3 is 5.97 Å². The van der Waals surface area contributed by atoms with Crippen LogP contribution in [0.3, 0.4) is 0 Å². The number of hydrogen-bond donors (Lipinski definition) is 3. The van der Waals surface area contributed by atoms with E-state index in [-0.39, 0.29) is 18.8 Å². The van der Waals surface area contributed by atoms with E-state index in [9.17, 15) is 18.4 Å². The Bertz CT molecular complexity index is 553. The molecule has 8 heteroatoms. The van der Waals surface area contributed by atoms with Gasteiger partial charge in [0.15, 0.2) is 0 Å². The van der Waals surface area contributed by atoms with Crippen LogP contribution in [0.5, 0.6) is 0 Å². The van der Waals surface area contributed by atoms with Crippen LogP contribution in [0, 0.1) is 11.6 Å². The standard InChI is InChI=1S/C13H15F2N3O3/c14-8-1-2-10(9(15)5-8)17-12(19)7-18-4-3-16-6-11(18)13(20)21/h1-2,5,11,16H,3-4,6-7H2,(H,17,19)(H,20,21). The number of aliphatic carboxylic acids is 1. The second-order valence-corrected chi connectivity index (χ2v) is 4.70. The fourth-order valence-corrected chi connectivity index (χ4v) is 2.14. The topological polar surface area (TPSA) is 81.7 Å². The summed E-state index contributed by atoms with van der Waals surface area (Å²) in [4.78, 5) is 24.4. The lowest BCUT2D eigenvalue weighted by Gasteiger charge is -2.32. The summed E-state index contributed by atoms with van der Waals surface area (Å²) >= 11 is 0. The van der Waals surface area contributed by atoms with E-state index < -0.39 is 29.6 Å². The van der Waals surface area contributed by atoms with Crippen molar-refractivity contribution in [3.8, 4) is 0 Å². The molecule has 2 rings (SSSR count). The number of hydrogen-bond acceptors (Lipinski definition) is 4. The van der Waals surface area contributed by atoms with Crippen molar-refractivity contribution in [2.45, 2.75) is 6.04 Å². The Balaban J connectivity index is 1.98. The van der Waals surface area contributed by atoms with Gasteiger partial charge in [-0.05, 0) is 12.1 Å². The zero-order chi connectivity index (χ0) is 15.4. The minimum atomic E-state index is -1.03. The normalized spacial score (nSPS) is 19.2. The highest BCUT2D eigenvalue weighted by Crippen LogP contribution is 2.15. The number of nitrogens with one attached hydrogen (secondary N) is 2. The minimum Gasteiger partial charge on any atom is -0.480 e. The zero-order valence-electron chi connectivity index (χ0n) is 11.1. The number of anilines is 1. The van der Waals surface area contributed by atoms with Gasteiger partial charge in [0.05, 0.1) is 12.2 Å². The molecule has 21 heavy (non-hydrogen) atoms. The molecule has 1 heterocycles. The van der Waals surface area contributed by atoms with Gasteiger partial charge in [0.2, 0.25) is 5.91 Å². The third-order valence-electron chi connectivity index (χ3n) is 3.19. The largest absolute Gasteiger partial charge is 0.480 e. The summed E-state index contributed by atoms with van der Waals surface area (Å²) in [5, 5.41) is 14.3. The van der Waals surface area contributed by atoms with E-state index in [1.807, 2.05) is 0 Å². The fraction of sp³-hybridized carbons (Fsp3) is 0.385. The molecule has 1 amide bonds. The van der Waals surface area contributed by atoms with Crippen LogP contribution in [0.15, 0.2) is 18.2 Å². The summed E-state index contributed by atoms with van der Waals surface area (Å²) in [5.74, 6) is -3.19. The van der Waals surface area contributed by atoms with Crippen molar-refractivity contribution in [1.82, 2.24) is 10.2 Å². The molecule has 1 aliphatic heterocycles. The number of amides is 1. The first kappa shape index (κ1) is 15.3. The molecule has 1 fully saturated rings. The monoisotopic (exact) mass is 299 g/mol. The highest BCUT2D eigenvalue weighted by Gasteiger charge is 2.29. The van der Waals surface area contributed by atoms with Gasteiger partial charge < -0.3 is 15.7 Å². The van der Waals surface area contributed by atoms with Crippen LogP contribution in [0.25, 0.3) is 0 Å². The van der Waals surface area contributed by atoms with Crippen molar-refractivity contribution in [3.63, 3.8) is 0 Å². The summed E-state index contributed by atoms with van der Waals surface area (Å²) in [7, 11) is 0. The van der Waals surface area contributed by atoms with Gasteiger partial charge in [0.1, 0.15) is 17.7 Å². The summed E-state index contributed by atoms with van der Waals surface area (Å²) in [6, 6.07) is 2.02. The van der Waals surface area contributed by atoms with Crippen LogP contribution in [0.2, 0.25) is 0 Å². The molecule has 0 aromatic heterocycles. The molecule has 1 atom stereocenters. The highest BCUT2D eigenvalue weighted by atomic mass is 19.1. The quantitative estimate of drug-likeness (QED) is 0.743. The molecule has 0 aliphatic carbocycles. The Morgan fingerprint density at radius 3 is 2.86 bits per heavy atom. The average Bonchev–Trinajstić information content (AvgIpc) is 2.42. The molecule has 1 unspecified atom stereocenters. The van der Waals surface area contributed by atoms with Crippen LogP contribution < -0.4 is 10.6 Å². The number of nitrogens with zero attached hydrogens (tertiary/aromatic N) is 1. The van der Waals surface area contributed by atoms with Gasteiger partial charge in [-0.1, -0.05) is 0 Å². The Hall–Kier alpha value is -2.06.